The van der Waals surface area contributed by atoms with Gasteiger partial charge in [0.2, 0.25) is 0 Å². The highest BCUT2D eigenvalue weighted by atomic mass is 32.2. The molecule has 4 nitrogen and oxygen atoms in total. The van der Waals surface area contributed by atoms with Crippen molar-refractivity contribution in [3.05, 3.63) is 24.3 Å². The Bertz CT molecular complexity index is 482. The van der Waals surface area contributed by atoms with Gasteiger partial charge in [-0.25, -0.2) is 4.79 Å². The summed E-state index contributed by atoms with van der Waals surface area (Å²) >= 11 is 1.80. The Kier molecular flexibility index (Phi) is 5.17. The second kappa shape index (κ2) is 6.71. The Morgan fingerprint density at radius 2 is 2.00 bits per heavy atom. The van der Waals surface area contributed by atoms with E-state index >= 15 is 0 Å². The van der Waals surface area contributed by atoms with Crippen LogP contribution in [-0.4, -0.2) is 40.0 Å². The number of anilines is 1. The van der Waals surface area contributed by atoms with Crippen molar-refractivity contribution in [1.82, 2.24) is 4.90 Å². The fourth-order valence-electron chi connectivity index (χ4n) is 2.30. The highest BCUT2D eigenvalue weighted by molar-refractivity contribution is 8.00. The smallest absolute Gasteiger partial charge is 0.321 e. The number of nitrogens with one attached hydrogen (secondary N) is 1. The van der Waals surface area contributed by atoms with Crippen molar-refractivity contribution in [3.63, 3.8) is 0 Å². The van der Waals surface area contributed by atoms with Crippen LogP contribution in [0.15, 0.2) is 29.2 Å². The van der Waals surface area contributed by atoms with E-state index in [9.17, 15) is 9.90 Å². The molecule has 2 rings (SSSR count). The number of carbonyl (C=O) groups is 1. The third-order valence-electron chi connectivity index (χ3n) is 3.21. The van der Waals surface area contributed by atoms with Crippen LogP contribution >= 0.6 is 11.8 Å². The lowest BCUT2D eigenvalue weighted by Gasteiger charge is -2.30. The third kappa shape index (κ3) is 5.25. The van der Waals surface area contributed by atoms with Crippen molar-refractivity contribution >= 4 is 23.5 Å². The molecule has 1 heterocycles. The monoisotopic (exact) mass is 308 g/mol. The summed E-state index contributed by atoms with van der Waals surface area (Å²) in [5.41, 5.74) is 0.790. The molecule has 1 aliphatic rings. The van der Waals surface area contributed by atoms with Crippen molar-refractivity contribution in [3.8, 4) is 0 Å². The van der Waals surface area contributed by atoms with Gasteiger partial charge in [-0.05, 0) is 37.1 Å². The molecule has 1 atom stereocenters. The first-order valence-electron chi connectivity index (χ1n) is 7.36. The molecule has 1 fully saturated rings. The molecule has 21 heavy (non-hydrogen) atoms. The Hall–Kier alpha value is -1.20. The van der Waals surface area contributed by atoms with Gasteiger partial charge < -0.3 is 15.3 Å². The first-order valence-corrected chi connectivity index (χ1v) is 8.18. The molecule has 0 spiro atoms. The maximum Gasteiger partial charge on any atom is 0.321 e. The van der Waals surface area contributed by atoms with Crippen molar-refractivity contribution in [1.29, 1.82) is 0 Å². The average Bonchev–Trinajstić information content (AvgIpc) is 2.39. The van der Waals surface area contributed by atoms with Crippen molar-refractivity contribution in [2.75, 3.05) is 18.4 Å². The van der Waals surface area contributed by atoms with E-state index in [2.05, 4.69) is 26.1 Å². The maximum absolute atomic E-state index is 12.1. The summed E-state index contributed by atoms with van der Waals surface area (Å²) < 4.78 is 0.175. The summed E-state index contributed by atoms with van der Waals surface area (Å²) in [6.07, 6.45) is 1.24. The van der Waals surface area contributed by atoms with Crippen LogP contribution in [0, 0.1) is 0 Å². The number of benzene rings is 1. The number of piperidine rings is 1. The van der Waals surface area contributed by atoms with Crippen molar-refractivity contribution in [2.24, 2.45) is 0 Å². The quantitative estimate of drug-likeness (QED) is 0.821. The Balaban J connectivity index is 1.92. The molecule has 0 unspecified atom stereocenters. The topological polar surface area (TPSA) is 52.6 Å². The van der Waals surface area contributed by atoms with Crippen LogP contribution in [-0.2, 0) is 0 Å². The zero-order valence-corrected chi connectivity index (χ0v) is 13.7. The molecule has 116 valence electrons. The molecule has 1 aromatic rings. The van der Waals surface area contributed by atoms with E-state index in [1.807, 2.05) is 24.3 Å². The highest BCUT2D eigenvalue weighted by Gasteiger charge is 2.22. The second-order valence-electron chi connectivity index (χ2n) is 6.41. The lowest BCUT2D eigenvalue weighted by Crippen LogP contribution is -2.44. The number of carbonyl (C=O) groups excluding carboxylic acids is 1. The number of nitrogens with zero attached hydrogens (tertiary/aromatic N) is 1. The Morgan fingerprint density at radius 3 is 2.57 bits per heavy atom. The highest BCUT2D eigenvalue weighted by Crippen LogP contribution is 2.32. The summed E-state index contributed by atoms with van der Waals surface area (Å²) in [4.78, 5) is 15.0. The summed E-state index contributed by atoms with van der Waals surface area (Å²) in [6, 6.07) is 7.76. The predicted molar refractivity (Wildman–Crippen MR) is 87.9 cm³/mol. The molecule has 1 aliphatic heterocycles. The second-order valence-corrected chi connectivity index (χ2v) is 8.31. The molecule has 1 aromatic carbocycles. The number of hydrogen-bond acceptors (Lipinski definition) is 3. The SMILES string of the molecule is CC(C)(C)Sc1ccc(NC(=O)N2CCC[C@H](O)C2)cc1. The number of β-amino-alcohol motifs (C(OH)–C–C–N with tert-alkyl or cyclic N) is 1. The van der Waals surface area contributed by atoms with Gasteiger partial charge in [0.05, 0.1) is 6.10 Å². The molecule has 0 radical (unpaired) electrons. The maximum atomic E-state index is 12.1. The van der Waals surface area contributed by atoms with Crippen molar-refractivity contribution < 1.29 is 9.90 Å². The molecule has 5 heteroatoms. The number of likely N-dealkylation sites (tertiary alicyclic amines) is 1. The van der Waals surface area contributed by atoms with Gasteiger partial charge in [-0.3, -0.25) is 0 Å². The van der Waals surface area contributed by atoms with Gasteiger partial charge in [-0.15, -0.1) is 11.8 Å². The Morgan fingerprint density at radius 1 is 1.33 bits per heavy atom. The van der Waals surface area contributed by atoms with Crippen LogP contribution in [0.2, 0.25) is 0 Å². The number of rotatable bonds is 2. The van der Waals surface area contributed by atoms with Gasteiger partial charge in [-0.1, -0.05) is 20.8 Å². The first kappa shape index (κ1) is 16.2. The van der Waals surface area contributed by atoms with E-state index in [4.69, 9.17) is 0 Å². The number of urea groups is 1. The van der Waals surface area contributed by atoms with E-state index in [-0.39, 0.29) is 10.8 Å². The largest absolute Gasteiger partial charge is 0.391 e. The van der Waals surface area contributed by atoms with Crippen LogP contribution in [0.1, 0.15) is 33.6 Å². The van der Waals surface area contributed by atoms with Gasteiger partial charge in [0.25, 0.3) is 0 Å². The van der Waals surface area contributed by atoms with Gasteiger partial charge in [-0.2, -0.15) is 0 Å². The van der Waals surface area contributed by atoms with Crippen LogP contribution < -0.4 is 5.32 Å². The molecule has 2 N–H and O–H groups in total. The average molecular weight is 308 g/mol. The zero-order chi connectivity index (χ0) is 15.5. The zero-order valence-electron chi connectivity index (χ0n) is 12.9. The number of aliphatic hydroxyl groups is 1. The molecule has 2 amide bonds. The molecule has 0 saturated carbocycles. The summed E-state index contributed by atoms with van der Waals surface area (Å²) in [5, 5.41) is 12.5. The summed E-state index contributed by atoms with van der Waals surface area (Å²) in [7, 11) is 0. The van der Waals surface area contributed by atoms with E-state index < -0.39 is 6.10 Å². The molecule has 1 saturated heterocycles. The number of amides is 2. The lowest BCUT2D eigenvalue weighted by molar-refractivity contribution is 0.0883. The fraction of sp³-hybridized carbons (Fsp3) is 0.562. The van der Waals surface area contributed by atoms with Gasteiger partial charge >= 0.3 is 6.03 Å². The minimum Gasteiger partial charge on any atom is -0.391 e. The molecule has 0 bridgehead atoms. The van der Waals surface area contributed by atoms with Crippen LogP contribution in [0.4, 0.5) is 10.5 Å². The number of hydrogen-bond donors (Lipinski definition) is 2. The molecule has 0 aromatic heterocycles. The first-order chi connectivity index (χ1) is 9.83. The summed E-state index contributed by atoms with van der Waals surface area (Å²) in [6.45, 7) is 7.66. The minimum absolute atomic E-state index is 0.134. The van der Waals surface area contributed by atoms with Crippen LogP contribution in [0.5, 0.6) is 0 Å². The van der Waals surface area contributed by atoms with Crippen LogP contribution in [0.25, 0.3) is 0 Å². The van der Waals surface area contributed by atoms with Gasteiger partial charge in [0.1, 0.15) is 0 Å². The molecule has 0 aliphatic carbocycles. The standard InChI is InChI=1S/C16H24N2O2S/c1-16(2,3)21-14-8-6-12(7-9-14)17-15(20)18-10-4-5-13(19)11-18/h6-9,13,19H,4-5,10-11H2,1-3H3,(H,17,20)/t13-/m0/s1. The molecular weight excluding hydrogens is 284 g/mol. The predicted octanol–water partition coefficient (Wildman–Crippen LogP) is 3.57. The third-order valence-corrected chi connectivity index (χ3v) is 4.33. The normalized spacial score (nSPS) is 19.4. The fourth-order valence-corrected chi connectivity index (χ4v) is 3.28. The Labute approximate surface area is 130 Å². The van der Waals surface area contributed by atoms with E-state index in [0.29, 0.717) is 13.1 Å². The lowest BCUT2D eigenvalue weighted by atomic mass is 10.1. The number of thioether (sulfide) groups is 1. The van der Waals surface area contributed by atoms with Crippen LogP contribution in [0.3, 0.4) is 0 Å². The van der Waals surface area contributed by atoms with Gasteiger partial charge in [0, 0.05) is 28.4 Å². The molecular formula is C16H24N2O2S. The van der Waals surface area contributed by atoms with Crippen molar-refractivity contribution in [2.45, 2.75) is 49.4 Å². The van der Waals surface area contributed by atoms with E-state index in [1.165, 1.54) is 4.90 Å². The van der Waals surface area contributed by atoms with E-state index in [1.54, 1.807) is 16.7 Å². The van der Waals surface area contributed by atoms with Gasteiger partial charge in [0.15, 0.2) is 0 Å². The summed E-state index contributed by atoms with van der Waals surface area (Å²) in [5.74, 6) is 0. The number of aliphatic hydroxyl groups excluding tert-OH is 1. The van der Waals surface area contributed by atoms with E-state index in [0.717, 1.165) is 18.5 Å². The minimum atomic E-state index is -0.393.